The molecular formula is C21H31N3O3. The van der Waals surface area contributed by atoms with Crippen LogP contribution in [0.3, 0.4) is 0 Å². The Kier molecular flexibility index (Phi) is 5.75. The molecule has 0 bridgehead atoms. The van der Waals surface area contributed by atoms with Gasteiger partial charge in [-0.2, -0.15) is 0 Å². The maximum Gasteiger partial charge on any atom is 0.317 e. The fourth-order valence-corrected chi connectivity index (χ4v) is 4.62. The Morgan fingerprint density at radius 2 is 1.93 bits per heavy atom. The number of aliphatic carboxylic acids is 1. The van der Waals surface area contributed by atoms with E-state index >= 15 is 0 Å². The highest BCUT2D eigenvalue weighted by Gasteiger charge is 2.38. The number of carbonyl (C=O) groups excluding carboxylic acids is 1. The van der Waals surface area contributed by atoms with E-state index in [2.05, 4.69) is 37.4 Å². The average molecular weight is 373 g/mol. The van der Waals surface area contributed by atoms with Gasteiger partial charge in [0.25, 0.3) is 0 Å². The number of carboxylic acids is 1. The van der Waals surface area contributed by atoms with Gasteiger partial charge in [-0.15, -0.1) is 0 Å². The topological polar surface area (TPSA) is 72.9 Å². The first kappa shape index (κ1) is 19.7. The molecule has 1 saturated heterocycles. The summed E-state index contributed by atoms with van der Waals surface area (Å²) in [7, 11) is 0. The Balaban J connectivity index is 1.57. The molecule has 0 spiro atoms. The van der Waals surface area contributed by atoms with Gasteiger partial charge in [-0.3, -0.25) is 9.69 Å². The largest absolute Gasteiger partial charge is 0.480 e. The van der Waals surface area contributed by atoms with Crippen LogP contribution < -0.4 is 5.32 Å². The normalized spacial score (nSPS) is 21.9. The molecule has 1 atom stereocenters. The zero-order valence-corrected chi connectivity index (χ0v) is 16.6. The number of carbonyl (C=O) groups is 2. The van der Waals surface area contributed by atoms with Crippen molar-refractivity contribution in [2.24, 2.45) is 0 Å². The van der Waals surface area contributed by atoms with Crippen LogP contribution in [0.1, 0.15) is 57.2 Å². The predicted molar refractivity (Wildman–Crippen MR) is 105 cm³/mol. The first-order chi connectivity index (χ1) is 12.8. The Morgan fingerprint density at radius 3 is 2.56 bits per heavy atom. The van der Waals surface area contributed by atoms with E-state index in [9.17, 15) is 9.59 Å². The summed E-state index contributed by atoms with van der Waals surface area (Å²) in [5, 5.41) is 12.3. The number of piperidine rings is 1. The lowest BCUT2D eigenvalue weighted by Crippen LogP contribution is -2.50. The molecule has 1 heterocycles. The van der Waals surface area contributed by atoms with Crippen molar-refractivity contribution in [2.45, 2.75) is 57.5 Å². The van der Waals surface area contributed by atoms with Crippen LogP contribution >= 0.6 is 0 Å². The summed E-state index contributed by atoms with van der Waals surface area (Å²) in [5.74, 6) is -0.792. The van der Waals surface area contributed by atoms with Gasteiger partial charge in [0, 0.05) is 19.1 Å². The molecule has 1 aromatic carbocycles. The SMILES string of the molecule is CCN(CC(=O)O)C1CCN(C(=O)NC2CC(C)(C)c3ccccc32)CC1. The molecule has 0 saturated carbocycles. The van der Waals surface area contributed by atoms with Gasteiger partial charge in [0.15, 0.2) is 0 Å². The number of fused-ring (bicyclic) bond motifs is 1. The first-order valence-electron chi connectivity index (χ1n) is 9.92. The maximum atomic E-state index is 12.8. The van der Waals surface area contributed by atoms with Gasteiger partial charge in [0.05, 0.1) is 12.6 Å². The summed E-state index contributed by atoms with van der Waals surface area (Å²) in [6.45, 7) is 8.57. The molecule has 27 heavy (non-hydrogen) atoms. The van der Waals surface area contributed by atoms with Crippen molar-refractivity contribution in [1.82, 2.24) is 15.1 Å². The van der Waals surface area contributed by atoms with E-state index < -0.39 is 5.97 Å². The van der Waals surface area contributed by atoms with Gasteiger partial charge in [-0.25, -0.2) is 4.79 Å². The summed E-state index contributed by atoms with van der Waals surface area (Å²) in [6.07, 6.45) is 2.55. The third-order valence-electron chi connectivity index (χ3n) is 6.09. The second kappa shape index (κ2) is 7.89. The minimum absolute atomic E-state index is 0.00719. The summed E-state index contributed by atoms with van der Waals surface area (Å²) in [6, 6.07) is 8.66. The highest BCUT2D eigenvalue weighted by molar-refractivity contribution is 5.75. The quantitative estimate of drug-likeness (QED) is 0.832. The molecule has 1 fully saturated rings. The first-order valence-corrected chi connectivity index (χ1v) is 9.92. The molecule has 0 radical (unpaired) electrons. The molecule has 6 heteroatoms. The molecule has 1 unspecified atom stereocenters. The molecule has 1 aliphatic carbocycles. The zero-order valence-electron chi connectivity index (χ0n) is 16.6. The van der Waals surface area contributed by atoms with Crippen molar-refractivity contribution in [2.75, 3.05) is 26.2 Å². The molecule has 0 aromatic heterocycles. The summed E-state index contributed by atoms with van der Waals surface area (Å²) < 4.78 is 0. The van der Waals surface area contributed by atoms with Crippen LogP contribution in [0.25, 0.3) is 0 Å². The number of hydrogen-bond donors (Lipinski definition) is 2. The van der Waals surface area contributed by atoms with Gasteiger partial charge in [0.1, 0.15) is 0 Å². The van der Waals surface area contributed by atoms with Crippen LogP contribution in [0.5, 0.6) is 0 Å². The van der Waals surface area contributed by atoms with E-state index in [1.54, 1.807) is 0 Å². The molecule has 2 N–H and O–H groups in total. The third-order valence-corrected chi connectivity index (χ3v) is 6.09. The molecule has 2 amide bonds. The minimum atomic E-state index is -0.792. The van der Waals surface area contributed by atoms with Crippen LogP contribution in [0, 0.1) is 0 Å². The lowest BCUT2D eigenvalue weighted by atomic mass is 9.86. The standard InChI is InChI=1S/C21H31N3O3/c1-4-23(14-19(25)26)15-9-11-24(12-10-15)20(27)22-18-13-21(2,3)17-8-6-5-7-16(17)18/h5-8,15,18H,4,9-14H2,1-3H3,(H,22,27)(H,25,26). The molecule has 148 valence electrons. The molecule has 2 aliphatic rings. The second-order valence-corrected chi connectivity index (χ2v) is 8.35. The molecule has 1 aliphatic heterocycles. The van der Waals surface area contributed by atoms with Crippen molar-refractivity contribution in [3.63, 3.8) is 0 Å². The third kappa shape index (κ3) is 4.26. The van der Waals surface area contributed by atoms with Crippen LogP contribution in [-0.2, 0) is 10.2 Å². The fourth-order valence-electron chi connectivity index (χ4n) is 4.62. The summed E-state index contributed by atoms with van der Waals surface area (Å²) >= 11 is 0. The highest BCUT2D eigenvalue weighted by Crippen LogP contribution is 2.44. The minimum Gasteiger partial charge on any atom is -0.480 e. The van der Waals surface area contributed by atoms with E-state index in [-0.39, 0.29) is 30.1 Å². The number of nitrogens with one attached hydrogen (secondary N) is 1. The van der Waals surface area contributed by atoms with E-state index in [1.807, 2.05) is 22.8 Å². The monoisotopic (exact) mass is 373 g/mol. The highest BCUT2D eigenvalue weighted by atomic mass is 16.4. The number of likely N-dealkylation sites (tertiary alicyclic amines) is 1. The van der Waals surface area contributed by atoms with Crippen LogP contribution in [0.2, 0.25) is 0 Å². The van der Waals surface area contributed by atoms with Gasteiger partial charge in [0.2, 0.25) is 0 Å². The van der Waals surface area contributed by atoms with Gasteiger partial charge in [-0.05, 0) is 42.3 Å². The Labute approximate surface area is 161 Å². The van der Waals surface area contributed by atoms with Crippen LogP contribution in [0.15, 0.2) is 24.3 Å². The van der Waals surface area contributed by atoms with E-state index in [0.29, 0.717) is 13.1 Å². The molecule has 3 rings (SSSR count). The van der Waals surface area contributed by atoms with E-state index in [4.69, 9.17) is 5.11 Å². The van der Waals surface area contributed by atoms with E-state index in [1.165, 1.54) is 11.1 Å². The smallest absolute Gasteiger partial charge is 0.317 e. The Bertz CT molecular complexity index is 696. The zero-order chi connectivity index (χ0) is 19.6. The Hall–Kier alpha value is -2.08. The predicted octanol–water partition coefficient (Wildman–Crippen LogP) is 2.99. The van der Waals surface area contributed by atoms with Gasteiger partial charge >= 0.3 is 12.0 Å². The summed E-state index contributed by atoms with van der Waals surface area (Å²) in [5.41, 5.74) is 2.62. The lowest BCUT2D eigenvalue weighted by molar-refractivity contribution is -0.139. The molecule has 6 nitrogen and oxygen atoms in total. The number of likely N-dealkylation sites (N-methyl/N-ethyl adjacent to an activating group) is 1. The van der Waals surface area contributed by atoms with Gasteiger partial charge < -0.3 is 15.3 Å². The van der Waals surface area contributed by atoms with Crippen molar-refractivity contribution in [1.29, 1.82) is 0 Å². The van der Waals surface area contributed by atoms with Gasteiger partial charge in [-0.1, -0.05) is 45.0 Å². The average Bonchev–Trinajstić information content (AvgIpc) is 2.90. The fraction of sp³-hybridized carbons (Fsp3) is 0.619. The number of rotatable bonds is 5. The summed E-state index contributed by atoms with van der Waals surface area (Å²) in [4.78, 5) is 27.7. The lowest BCUT2D eigenvalue weighted by Gasteiger charge is -2.37. The van der Waals surface area contributed by atoms with Crippen LogP contribution in [-0.4, -0.2) is 59.1 Å². The number of hydrogen-bond acceptors (Lipinski definition) is 3. The molecular weight excluding hydrogens is 342 g/mol. The number of benzene rings is 1. The number of carboxylic acid groups (broad SMARTS) is 1. The number of nitrogens with zero attached hydrogens (tertiary/aromatic N) is 2. The van der Waals surface area contributed by atoms with Crippen molar-refractivity contribution in [3.8, 4) is 0 Å². The molecule has 1 aromatic rings. The number of urea groups is 1. The van der Waals surface area contributed by atoms with Crippen molar-refractivity contribution in [3.05, 3.63) is 35.4 Å². The van der Waals surface area contributed by atoms with Crippen molar-refractivity contribution < 1.29 is 14.7 Å². The van der Waals surface area contributed by atoms with Crippen molar-refractivity contribution >= 4 is 12.0 Å². The number of amides is 2. The van der Waals surface area contributed by atoms with E-state index in [0.717, 1.165) is 25.8 Å². The maximum absolute atomic E-state index is 12.8. The Morgan fingerprint density at radius 1 is 1.26 bits per heavy atom. The van der Waals surface area contributed by atoms with Crippen LogP contribution in [0.4, 0.5) is 4.79 Å². The second-order valence-electron chi connectivity index (χ2n) is 8.35.